The van der Waals surface area contributed by atoms with Crippen molar-refractivity contribution in [3.05, 3.63) is 83.9 Å². The van der Waals surface area contributed by atoms with Gasteiger partial charge in [-0.3, -0.25) is 9.59 Å². The van der Waals surface area contributed by atoms with Gasteiger partial charge in [-0.15, -0.1) is 0 Å². The van der Waals surface area contributed by atoms with Gasteiger partial charge < -0.3 is 19.3 Å². The third-order valence-electron chi connectivity index (χ3n) is 5.18. The summed E-state index contributed by atoms with van der Waals surface area (Å²) in [5.41, 5.74) is -0.257. The number of methoxy groups -OCH3 is 3. The molecule has 2 unspecified atom stereocenters. The Labute approximate surface area is 220 Å². The number of aliphatic carboxylic acids is 1. The smallest absolute Gasteiger partial charge is 0.312 e. The van der Waals surface area contributed by atoms with Crippen LogP contribution in [-0.4, -0.2) is 38.3 Å². The Kier molecular flexibility index (Phi) is 4.67. The van der Waals surface area contributed by atoms with Crippen LogP contribution in [0.5, 0.6) is 11.5 Å². The van der Waals surface area contributed by atoms with Gasteiger partial charge in [-0.2, -0.15) is 0 Å². The first-order valence-electron chi connectivity index (χ1n) is 15.7. The van der Waals surface area contributed by atoms with E-state index < -0.39 is 44.5 Å². The fourth-order valence-corrected chi connectivity index (χ4v) is 3.30. The molecule has 0 bridgehead atoms. The molecule has 0 aliphatic rings. The summed E-state index contributed by atoms with van der Waals surface area (Å²) in [7, 11) is -0.105. The van der Waals surface area contributed by atoms with E-state index in [1.807, 2.05) is 0 Å². The van der Waals surface area contributed by atoms with Crippen molar-refractivity contribution < 1.29 is 44.0 Å². The SMILES string of the molecule is [2H]C([2H])([2H])C([2H])(C(=O)O)c1ccc2cc(OC)ccc2c1.[2H]C([2H])([2H])OC(=O)C([2H])(c1ccc2cc(OC)ccc2c1)C([2H])([2H])[2H]. The molecule has 4 aromatic rings. The molecule has 0 saturated heterocycles. The van der Waals surface area contributed by atoms with Crippen molar-refractivity contribution in [3.63, 3.8) is 0 Å². The molecule has 0 radical (unpaired) electrons. The molecule has 0 fully saturated rings. The van der Waals surface area contributed by atoms with Crippen molar-refractivity contribution in [2.45, 2.75) is 25.5 Å². The summed E-state index contributed by atoms with van der Waals surface area (Å²) < 4.78 is 96.4. The highest BCUT2D eigenvalue weighted by atomic mass is 16.5. The van der Waals surface area contributed by atoms with E-state index in [1.54, 1.807) is 42.5 Å². The van der Waals surface area contributed by atoms with Crippen molar-refractivity contribution in [1.82, 2.24) is 0 Å². The molecule has 4 rings (SSSR count). The van der Waals surface area contributed by atoms with Gasteiger partial charge in [-0.1, -0.05) is 48.5 Å². The summed E-state index contributed by atoms with van der Waals surface area (Å²) in [4.78, 5) is 23.6. The average molecular weight is 486 g/mol. The van der Waals surface area contributed by atoms with Gasteiger partial charge in [0.05, 0.1) is 37.2 Å². The number of carboxylic acids is 1. The first-order chi connectivity index (χ1) is 21.1. The molecule has 0 spiro atoms. The van der Waals surface area contributed by atoms with Gasteiger partial charge in [-0.25, -0.2) is 0 Å². The number of rotatable bonds is 6. The maximum absolute atomic E-state index is 12.2. The second-order valence-electron chi connectivity index (χ2n) is 7.30. The summed E-state index contributed by atoms with van der Waals surface area (Å²) in [6, 6.07) is 18.7. The maximum Gasteiger partial charge on any atom is 0.312 e. The minimum Gasteiger partial charge on any atom is -0.497 e. The number of ether oxygens (including phenoxy) is 3. The molecule has 6 heteroatoms. The van der Waals surface area contributed by atoms with Crippen molar-refractivity contribution in [1.29, 1.82) is 0 Å². The van der Waals surface area contributed by atoms with Crippen molar-refractivity contribution in [2.24, 2.45) is 0 Å². The van der Waals surface area contributed by atoms with Crippen LogP contribution in [0.3, 0.4) is 0 Å². The molecule has 1 N–H and O–H groups in total. The molecule has 0 saturated carbocycles. The van der Waals surface area contributed by atoms with Gasteiger partial charge in [0.25, 0.3) is 0 Å². The molecule has 2 atom stereocenters. The first kappa shape index (κ1) is 14.4. The van der Waals surface area contributed by atoms with Crippen LogP contribution in [0.2, 0.25) is 0 Å². The van der Waals surface area contributed by atoms with E-state index >= 15 is 0 Å². The van der Waals surface area contributed by atoms with E-state index in [9.17, 15) is 14.7 Å². The van der Waals surface area contributed by atoms with E-state index in [-0.39, 0.29) is 11.1 Å². The Morgan fingerprint density at radius 2 is 1.20 bits per heavy atom. The zero-order valence-corrected chi connectivity index (χ0v) is 18.9. The van der Waals surface area contributed by atoms with Crippen LogP contribution in [0, 0.1) is 0 Å². The van der Waals surface area contributed by atoms with Crippen LogP contribution in [0.15, 0.2) is 72.8 Å². The largest absolute Gasteiger partial charge is 0.497 e. The Bertz CT molecular complexity index is 1750. The number of esters is 1. The van der Waals surface area contributed by atoms with Gasteiger partial charge in [0.2, 0.25) is 0 Å². The Morgan fingerprint density at radius 3 is 1.63 bits per heavy atom. The standard InChI is InChI=1S/C15H16O3.C14H14O3/c1-10(15(16)18-3)11-4-5-13-9-14(17-2)7-6-12(13)8-11;1-9(14(15)16)10-3-4-12-8-13(17-2)6-5-11(12)7-10/h4-10H,1-3H3;3-9H,1-2H3,(H,15,16)/i1D3,3D3,10D;1D3,9D. The molecule has 4 aromatic carbocycles. The molecule has 35 heavy (non-hydrogen) atoms. The zero-order valence-electron chi connectivity index (χ0n) is 29.9. The number of hydrogen-bond donors (Lipinski definition) is 1. The molecule has 6 nitrogen and oxygen atoms in total. The Morgan fingerprint density at radius 1 is 0.743 bits per heavy atom. The van der Waals surface area contributed by atoms with Gasteiger partial charge in [0.15, 0.2) is 0 Å². The van der Waals surface area contributed by atoms with E-state index in [0.717, 1.165) is 5.39 Å². The van der Waals surface area contributed by atoms with E-state index in [2.05, 4.69) is 4.74 Å². The average Bonchev–Trinajstić information content (AvgIpc) is 2.97. The Hall–Kier alpha value is -4.06. The van der Waals surface area contributed by atoms with Gasteiger partial charge in [0, 0.05) is 11.0 Å². The van der Waals surface area contributed by atoms with Crippen LogP contribution in [0.4, 0.5) is 0 Å². The second-order valence-corrected chi connectivity index (χ2v) is 7.30. The minimum absolute atomic E-state index is 0.0762. The summed E-state index contributed by atoms with van der Waals surface area (Å²) >= 11 is 0. The molecule has 0 aliphatic carbocycles. The quantitative estimate of drug-likeness (QED) is 0.329. The molecule has 0 aromatic heterocycles. The molecular formula is C29H30O6. The van der Waals surface area contributed by atoms with E-state index in [0.29, 0.717) is 27.7 Å². The third-order valence-corrected chi connectivity index (χ3v) is 5.18. The molecule has 0 heterocycles. The van der Waals surface area contributed by atoms with Crippen molar-refractivity contribution in [2.75, 3.05) is 21.3 Å². The number of fused-ring (bicyclic) bond motifs is 2. The van der Waals surface area contributed by atoms with Crippen LogP contribution in [-0.2, 0) is 14.3 Å². The summed E-state index contributed by atoms with van der Waals surface area (Å²) in [6.45, 7) is -6.10. The highest BCUT2D eigenvalue weighted by Gasteiger charge is 2.16. The number of carbonyl (C=O) groups excluding carboxylic acids is 1. The predicted octanol–water partition coefficient (Wildman–Crippen LogP) is 6.16. The lowest BCUT2D eigenvalue weighted by molar-refractivity contribution is -0.142. The third kappa shape index (κ3) is 6.09. The first-order valence-corrected chi connectivity index (χ1v) is 10.2. The van der Waals surface area contributed by atoms with Crippen molar-refractivity contribution in [3.8, 4) is 11.5 Å². The van der Waals surface area contributed by atoms with Crippen molar-refractivity contribution >= 4 is 33.5 Å². The lowest BCUT2D eigenvalue weighted by Gasteiger charge is -2.10. The Balaban J connectivity index is 0.000000254. The lowest BCUT2D eigenvalue weighted by Crippen LogP contribution is -2.10. The topological polar surface area (TPSA) is 82.1 Å². The van der Waals surface area contributed by atoms with Gasteiger partial charge in [-0.05, 0) is 70.6 Å². The number of carbonyl (C=O) groups is 2. The normalized spacial score (nSPS) is 19.8. The van der Waals surface area contributed by atoms with Crippen LogP contribution >= 0.6 is 0 Å². The lowest BCUT2D eigenvalue weighted by atomic mass is 9.98. The van der Waals surface area contributed by atoms with Gasteiger partial charge in [0.1, 0.15) is 11.5 Å². The molecule has 182 valence electrons. The van der Waals surface area contributed by atoms with Crippen LogP contribution < -0.4 is 9.47 Å². The van der Waals surface area contributed by atoms with Crippen LogP contribution in [0.25, 0.3) is 21.5 Å². The fourth-order valence-electron chi connectivity index (χ4n) is 3.30. The summed E-state index contributed by atoms with van der Waals surface area (Å²) in [5.74, 6) is -7.68. The molecule has 0 amide bonds. The summed E-state index contributed by atoms with van der Waals surface area (Å²) in [5, 5.41) is 11.9. The maximum atomic E-state index is 12.2. The summed E-state index contributed by atoms with van der Waals surface area (Å²) in [6.07, 6.45) is 0. The zero-order chi connectivity index (χ0) is 34.9. The fraction of sp³-hybridized carbons (Fsp3) is 0.241. The van der Waals surface area contributed by atoms with Crippen LogP contribution in [0.1, 0.15) is 51.7 Å². The number of carboxylic acid groups (broad SMARTS) is 1. The predicted molar refractivity (Wildman–Crippen MR) is 137 cm³/mol. The number of hydrogen-bond acceptors (Lipinski definition) is 5. The van der Waals surface area contributed by atoms with E-state index in [1.165, 1.54) is 44.6 Å². The monoisotopic (exact) mass is 485 g/mol. The highest BCUT2D eigenvalue weighted by molar-refractivity contribution is 5.87. The second kappa shape index (κ2) is 11.4. The molecular weight excluding hydrogens is 444 g/mol. The minimum atomic E-state index is -3.14. The van der Waals surface area contributed by atoms with Gasteiger partial charge >= 0.3 is 11.9 Å². The van der Waals surface area contributed by atoms with E-state index in [4.69, 9.17) is 24.6 Å². The highest BCUT2D eigenvalue weighted by Crippen LogP contribution is 2.26. The number of benzene rings is 4. The molecule has 0 aliphatic heterocycles.